The Labute approximate surface area is 166 Å². The number of carbonyl (C=O) groups is 1. The molecular weight excluding hydrogens is 372 g/mol. The van der Waals surface area contributed by atoms with Crippen LogP contribution in [0.25, 0.3) is 10.9 Å². The highest BCUT2D eigenvalue weighted by Gasteiger charge is 2.16. The van der Waals surface area contributed by atoms with E-state index in [1.807, 2.05) is 34.9 Å². The number of aromatic nitrogens is 1. The van der Waals surface area contributed by atoms with Crippen molar-refractivity contribution in [3.63, 3.8) is 0 Å². The Bertz CT molecular complexity index is 1180. The van der Waals surface area contributed by atoms with Gasteiger partial charge in [0.25, 0.3) is 0 Å². The number of hydrogen-bond donors (Lipinski definition) is 1. The lowest BCUT2D eigenvalue weighted by Gasteiger charge is -2.05. The minimum absolute atomic E-state index is 0.0876. The van der Waals surface area contributed by atoms with Crippen LogP contribution in [-0.4, -0.2) is 15.5 Å². The van der Waals surface area contributed by atoms with Crippen LogP contribution in [0.1, 0.15) is 27.9 Å². The number of rotatable bonds is 6. The third-order valence-electron chi connectivity index (χ3n) is 4.99. The van der Waals surface area contributed by atoms with Gasteiger partial charge in [-0.3, -0.25) is 4.79 Å². The van der Waals surface area contributed by atoms with Crippen molar-refractivity contribution in [2.24, 2.45) is 0 Å². The zero-order valence-electron chi connectivity index (χ0n) is 15.6. The first-order chi connectivity index (χ1) is 14.0. The van der Waals surface area contributed by atoms with E-state index in [9.17, 15) is 18.7 Å². The molecule has 146 valence electrons. The van der Waals surface area contributed by atoms with E-state index >= 15 is 0 Å². The van der Waals surface area contributed by atoms with Gasteiger partial charge in [0.15, 0.2) is 17.4 Å². The van der Waals surface area contributed by atoms with Crippen molar-refractivity contribution in [3.05, 3.63) is 101 Å². The SMILES string of the molecule is O=C(CCc1ccc(F)c(F)c1)c1cn(Cc2ccccc2)c2ccc(O)cc12. The van der Waals surface area contributed by atoms with Gasteiger partial charge in [-0.25, -0.2) is 8.78 Å². The second kappa shape index (κ2) is 7.87. The number of Topliss-reactive ketones (excluding diaryl/α,β-unsaturated/α-hetero) is 1. The lowest BCUT2D eigenvalue weighted by molar-refractivity contribution is 0.0984. The highest BCUT2D eigenvalue weighted by molar-refractivity contribution is 6.08. The summed E-state index contributed by atoms with van der Waals surface area (Å²) in [5, 5.41) is 10.6. The number of phenolic OH excluding ortho intramolecular Hbond substituents is 1. The Kier molecular flexibility index (Phi) is 5.12. The molecule has 0 spiro atoms. The highest BCUT2D eigenvalue weighted by atomic mass is 19.2. The molecule has 3 nitrogen and oxygen atoms in total. The van der Waals surface area contributed by atoms with Gasteiger partial charge in [-0.1, -0.05) is 36.4 Å². The Hall–Kier alpha value is -3.47. The van der Waals surface area contributed by atoms with Crippen molar-refractivity contribution in [3.8, 4) is 5.75 Å². The van der Waals surface area contributed by atoms with Crippen LogP contribution in [-0.2, 0) is 13.0 Å². The molecule has 0 bridgehead atoms. The maximum absolute atomic E-state index is 13.4. The predicted molar refractivity (Wildman–Crippen MR) is 108 cm³/mol. The van der Waals surface area contributed by atoms with Crippen LogP contribution in [0.2, 0.25) is 0 Å². The van der Waals surface area contributed by atoms with Gasteiger partial charge in [-0.2, -0.15) is 0 Å². The van der Waals surface area contributed by atoms with Crippen LogP contribution in [0.4, 0.5) is 8.78 Å². The zero-order chi connectivity index (χ0) is 20.4. The first-order valence-corrected chi connectivity index (χ1v) is 9.34. The molecular formula is C24H19F2NO2. The molecule has 4 rings (SSSR count). The van der Waals surface area contributed by atoms with Gasteiger partial charge in [0, 0.05) is 35.6 Å². The molecule has 0 fully saturated rings. The Morgan fingerprint density at radius 2 is 1.69 bits per heavy atom. The van der Waals surface area contributed by atoms with E-state index in [2.05, 4.69) is 0 Å². The molecule has 0 atom stereocenters. The van der Waals surface area contributed by atoms with Gasteiger partial charge in [-0.15, -0.1) is 0 Å². The summed E-state index contributed by atoms with van der Waals surface area (Å²) in [6.45, 7) is 0.596. The number of aromatic hydroxyl groups is 1. The number of carbonyl (C=O) groups excluding carboxylic acids is 1. The number of aryl methyl sites for hydroxylation is 1. The van der Waals surface area contributed by atoms with Gasteiger partial charge in [0.1, 0.15) is 5.75 Å². The summed E-state index contributed by atoms with van der Waals surface area (Å²) in [6, 6.07) is 18.5. The lowest BCUT2D eigenvalue weighted by Crippen LogP contribution is -2.02. The van der Waals surface area contributed by atoms with E-state index in [4.69, 9.17) is 0 Å². The molecule has 1 aromatic heterocycles. The summed E-state index contributed by atoms with van der Waals surface area (Å²) in [5.74, 6) is -1.85. The van der Waals surface area contributed by atoms with E-state index in [0.29, 0.717) is 29.5 Å². The summed E-state index contributed by atoms with van der Waals surface area (Å²) >= 11 is 0. The maximum Gasteiger partial charge on any atom is 0.165 e. The molecule has 0 aliphatic heterocycles. The Morgan fingerprint density at radius 3 is 2.45 bits per heavy atom. The van der Waals surface area contributed by atoms with Crippen LogP contribution >= 0.6 is 0 Å². The van der Waals surface area contributed by atoms with Crippen LogP contribution in [0, 0.1) is 11.6 Å². The van der Waals surface area contributed by atoms with Crippen molar-refractivity contribution in [1.29, 1.82) is 0 Å². The highest BCUT2D eigenvalue weighted by Crippen LogP contribution is 2.27. The molecule has 0 saturated carbocycles. The second-order valence-corrected chi connectivity index (χ2v) is 7.03. The first-order valence-electron chi connectivity index (χ1n) is 9.34. The molecule has 0 unspecified atom stereocenters. The van der Waals surface area contributed by atoms with Crippen molar-refractivity contribution in [2.45, 2.75) is 19.4 Å². The molecule has 0 radical (unpaired) electrons. The van der Waals surface area contributed by atoms with E-state index in [1.165, 1.54) is 6.07 Å². The third kappa shape index (κ3) is 4.04. The van der Waals surface area contributed by atoms with Crippen molar-refractivity contribution in [2.75, 3.05) is 0 Å². The molecule has 3 aromatic carbocycles. The van der Waals surface area contributed by atoms with Gasteiger partial charge in [-0.05, 0) is 47.9 Å². The molecule has 1 heterocycles. The van der Waals surface area contributed by atoms with Crippen molar-refractivity contribution in [1.82, 2.24) is 4.57 Å². The molecule has 1 N–H and O–H groups in total. The molecule has 0 aliphatic rings. The fourth-order valence-corrected chi connectivity index (χ4v) is 3.51. The minimum Gasteiger partial charge on any atom is -0.508 e. The smallest absolute Gasteiger partial charge is 0.165 e. The number of phenols is 1. The largest absolute Gasteiger partial charge is 0.508 e. The normalized spacial score (nSPS) is 11.1. The molecule has 4 aromatic rings. The number of halogens is 2. The Balaban J connectivity index is 1.62. The van der Waals surface area contributed by atoms with E-state index in [1.54, 1.807) is 24.4 Å². The zero-order valence-corrected chi connectivity index (χ0v) is 15.6. The molecule has 0 amide bonds. The van der Waals surface area contributed by atoms with Gasteiger partial charge in [0.2, 0.25) is 0 Å². The summed E-state index contributed by atoms with van der Waals surface area (Å²) in [5.41, 5.74) is 3.02. The van der Waals surface area contributed by atoms with Crippen molar-refractivity contribution >= 4 is 16.7 Å². The summed E-state index contributed by atoms with van der Waals surface area (Å²) < 4.78 is 28.5. The molecule has 0 saturated heterocycles. The third-order valence-corrected chi connectivity index (χ3v) is 4.99. The number of ketones is 1. The van der Waals surface area contributed by atoms with Crippen LogP contribution in [0.3, 0.4) is 0 Å². The average molecular weight is 391 g/mol. The first kappa shape index (κ1) is 18.9. The summed E-state index contributed by atoms with van der Waals surface area (Å²) in [6.07, 6.45) is 2.26. The fraction of sp³-hybridized carbons (Fsp3) is 0.125. The average Bonchev–Trinajstić information content (AvgIpc) is 3.07. The standard InChI is InChI=1S/C24H19F2NO2/c25-21-9-6-16(12-22(21)26)7-11-24(29)20-15-27(14-17-4-2-1-3-5-17)23-10-8-18(28)13-19(20)23/h1-6,8-10,12-13,15,28H,7,11,14H2. The monoisotopic (exact) mass is 391 g/mol. The van der Waals surface area contributed by atoms with Gasteiger partial charge in [0.05, 0.1) is 0 Å². The van der Waals surface area contributed by atoms with Crippen molar-refractivity contribution < 1.29 is 18.7 Å². The van der Waals surface area contributed by atoms with Gasteiger partial charge < -0.3 is 9.67 Å². The predicted octanol–water partition coefficient (Wildman–Crippen LogP) is 5.49. The molecule has 5 heteroatoms. The number of benzene rings is 3. The lowest BCUT2D eigenvalue weighted by atomic mass is 10.0. The topological polar surface area (TPSA) is 42.2 Å². The number of fused-ring (bicyclic) bond motifs is 1. The molecule has 0 aliphatic carbocycles. The quantitative estimate of drug-likeness (QED) is 0.442. The van der Waals surface area contributed by atoms with Crippen LogP contribution in [0.15, 0.2) is 72.9 Å². The minimum atomic E-state index is -0.917. The second-order valence-electron chi connectivity index (χ2n) is 7.03. The van der Waals surface area contributed by atoms with Crippen LogP contribution < -0.4 is 0 Å². The maximum atomic E-state index is 13.4. The van der Waals surface area contributed by atoms with Gasteiger partial charge >= 0.3 is 0 Å². The van der Waals surface area contributed by atoms with E-state index in [-0.39, 0.29) is 18.0 Å². The number of hydrogen-bond acceptors (Lipinski definition) is 2. The fourth-order valence-electron chi connectivity index (χ4n) is 3.51. The van der Waals surface area contributed by atoms with E-state index < -0.39 is 11.6 Å². The summed E-state index contributed by atoms with van der Waals surface area (Å²) in [7, 11) is 0. The molecule has 29 heavy (non-hydrogen) atoms. The number of nitrogens with zero attached hydrogens (tertiary/aromatic N) is 1. The summed E-state index contributed by atoms with van der Waals surface area (Å²) in [4.78, 5) is 12.9. The Morgan fingerprint density at radius 1 is 0.897 bits per heavy atom. The van der Waals surface area contributed by atoms with Crippen LogP contribution in [0.5, 0.6) is 5.75 Å². The van der Waals surface area contributed by atoms with E-state index in [0.717, 1.165) is 23.2 Å².